The molecule has 0 aliphatic carbocycles. The minimum Gasteiger partial charge on any atom is -0.382 e. The average molecular weight is 208 g/mol. The van der Waals surface area contributed by atoms with Crippen molar-refractivity contribution in [1.29, 1.82) is 0 Å². The van der Waals surface area contributed by atoms with Gasteiger partial charge in [0.15, 0.2) is 0 Å². The standard InChI is InChI=1S/C12H20N2O/c1-3-14-12(7-10-15-4-2)11-5-8-13-9-6-11/h5-6,8-9,12,14H,3-4,7,10H2,1-2H3. The van der Waals surface area contributed by atoms with Crippen molar-refractivity contribution in [2.75, 3.05) is 19.8 Å². The molecule has 0 spiro atoms. The summed E-state index contributed by atoms with van der Waals surface area (Å²) in [6, 6.07) is 4.49. The fraction of sp³-hybridized carbons (Fsp3) is 0.583. The highest BCUT2D eigenvalue weighted by Gasteiger charge is 2.08. The van der Waals surface area contributed by atoms with Crippen LogP contribution in [-0.2, 0) is 4.74 Å². The summed E-state index contributed by atoms with van der Waals surface area (Å²) in [7, 11) is 0. The molecule has 0 saturated carbocycles. The summed E-state index contributed by atoms with van der Waals surface area (Å²) >= 11 is 0. The highest BCUT2D eigenvalue weighted by atomic mass is 16.5. The fourth-order valence-corrected chi connectivity index (χ4v) is 1.57. The largest absolute Gasteiger partial charge is 0.382 e. The quantitative estimate of drug-likeness (QED) is 0.697. The molecular weight excluding hydrogens is 188 g/mol. The Morgan fingerprint density at radius 2 is 2.07 bits per heavy atom. The number of ether oxygens (including phenoxy) is 1. The topological polar surface area (TPSA) is 34.1 Å². The van der Waals surface area contributed by atoms with Crippen molar-refractivity contribution in [3.05, 3.63) is 30.1 Å². The van der Waals surface area contributed by atoms with Crippen LogP contribution in [-0.4, -0.2) is 24.7 Å². The van der Waals surface area contributed by atoms with E-state index in [0.29, 0.717) is 6.04 Å². The molecule has 1 aromatic rings. The van der Waals surface area contributed by atoms with Gasteiger partial charge >= 0.3 is 0 Å². The SMILES string of the molecule is CCNC(CCOCC)c1ccncc1. The van der Waals surface area contributed by atoms with E-state index in [4.69, 9.17) is 4.74 Å². The van der Waals surface area contributed by atoms with Crippen molar-refractivity contribution in [2.24, 2.45) is 0 Å². The number of pyridine rings is 1. The van der Waals surface area contributed by atoms with Gasteiger partial charge in [-0.1, -0.05) is 6.92 Å². The number of rotatable bonds is 7. The van der Waals surface area contributed by atoms with Crippen molar-refractivity contribution < 1.29 is 4.74 Å². The van der Waals surface area contributed by atoms with Crippen molar-refractivity contribution in [3.8, 4) is 0 Å². The maximum atomic E-state index is 5.38. The van der Waals surface area contributed by atoms with E-state index < -0.39 is 0 Å². The molecule has 0 aromatic carbocycles. The second-order valence-electron chi connectivity index (χ2n) is 3.38. The Kier molecular flexibility index (Phi) is 5.97. The van der Waals surface area contributed by atoms with Gasteiger partial charge < -0.3 is 10.1 Å². The van der Waals surface area contributed by atoms with Gasteiger partial charge in [0.2, 0.25) is 0 Å². The second kappa shape index (κ2) is 7.37. The summed E-state index contributed by atoms with van der Waals surface area (Å²) in [6.45, 7) is 6.70. The normalized spacial score (nSPS) is 12.7. The minimum atomic E-state index is 0.379. The molecule has 0 saturated heterocycles. The summed E-state index contributed by atoms with van der Waals surface area (Å²) in [5, 5.41) is 3.45. The average Bonchev–Trinajstić information content (AvgIpc) is 2.29. The van der Waals surface area contributed by atoms with Gasteiger partial charge in [0, 0.05) is 31.6 Å². The van der Waals surface area contributed by atoms with Gasteiger partial charge in [-0.25, -0.2) is 0 Å². The third kappa shape index (κ3) is 4.40. The molecule has 3 nitrogen and oxygen atoms in total. The van der Waals surface area contributed by atoms with Gasteiger partial charge in [-0.05, 0) is 37.6 Å². The number of nitrogens with one attached hydrogen (secondary N) is 1. The first-order valence-electron chi connectivity index (χ1n) is 5.59. The number of aromatic nitrogens is 1. The third-order valence-electron chi connectivity index (χ3n) is 2.31. The molecule has 15 heavy (non-hydrogen) atoms. The Balaban J connectivity index is 2.50. The van der Waals surface area contributed by atoms with Gasteiger partial charge in [-0.3, -0.25) is 4.98 Å². The molecule has 0 fully saturated rings. The molecule has 0 aliphatic heterocycles. The van der Waals surface area contributed by atoms with Gasteiger partial charge in [0.05, 0.1) is 0 Å². The van der Waals surface area contributed by atoms with Crippen LogP contribution in [0.1, 0.15) is 31.9 Å². The summed E-state index contributed by atoms with van der Waals surface area (Å²) in [4.78, 5) is 4.03. The van der Waals surface area contributed by atoms with Crippen LogP contribution in [0.15, 0.2) is 24.5 Å². The van der Waals surface area contributed by atoms with E-state index in [1.807, 2.05) is 19.3 Å². The van der Waals surface area contributed by atoms with Gasteiger partial charge in [0.25, 0.3) is 0 Å². The number of nitrogens with zero attached hydrogens (tertiary/aromatic N) is 1. The molecule has 1 aromatic heterocycles. The Labute approximate surface area is 91.9 Å². The second-order valence-corrected chi connectivity index (χ2v) is 3.38. The first kappa shape index (κ1) is 12.1. The highest BCUT2D eigenvalue weighted by Crippen LogP contribution is 2.15. The van der Waals surface area contributed by atoms with Crippen molar-refractivity contribution >= 4 is 0 Å². The molecule has 0 bridgehead atoms. The zero-order valence-electron chi connectivity index (χ0n) is 9.57. The highest BCUT2D eigenvalue weighted by molar-refractivity contribution is 5.14. The Bertz CT molecular complexity index is 251. The van der Waals surface area contributed by atoms with E-state index in [0.717, 1.165) is 26.2 Å². The van der Waals surface area contributed by atoms with Crippen LogP contribution in [0.25, 0.3) is 0 Å². The molecule has 1 unspecified atom stereocenters. The Morgan fingerprint density at radius 1 is 1.33 bits per heavy atom. The van der Waals surface area contributed by atoms with Crippen molar-refractivity contribution in [3.63, 3.8) is 0 Å². The van der Waals surface area contributed by atoms with Gasteiger partial charge in [-0.15, -0.1) is 0 Å². The molecule has 0 radical (unpaired) electrons. The Morgan fingerprint density at radius 3 is 2.67 bits per heavy atom. The van der Waals surface area contributed by atoms with Crippen LogP contribution in [0.5, 0.6) is 0 Å². The lowest BCUT2D eigenvalue weighted by molar-refractivity contribution is 0.136. The van der Waals surface area contributed by atoms with Gasteiger partial charge in [0.1, 0.15) is 0 Å². The van der Waals surface area contributed by atoms with Crippen molar-refractivity contribution in [2.45, 2.75) is 26.3 Å². The molecule has 3 heteroatoms. The summed E-state index contributed by atoms with van der Waals surface area (Å²) in [5.74, 6) is 0. The summed E-state index contributed by atoms with van der Waals surface area (Å²) in [5.41, 5.74) is 1.28. The van der Waals surface area contributed by atoms with Crippen LogP contribution in [0.2, 0.25) is 0 Å². The number of hydrogen-bond acceptors (Lipinski definition) is 3. The van der Waals surface area contributed by atoms with E-state index in [1.165, 1.54) is 5.56 Å². The molecule has 1 atom stereocenters. The molecule has 1 heterocycles. The summed E-state index contributed by atoms with van der Waals surface area (Å²) in [6.07, 6.45) is 4.67. The van der Waals surface area contributed by atoms with E-state index >= 15 is 0 Å². The first-order chi connectivity index (χ1) is 7.38. The van der Waals surface area contributed by atoms with Crippen LogP contribution in [0.4, 0.5) is 0 Å². The molecule has 1 N–H and O–H groups in total. The minimum absolute atomic E-state index is 0.379. The fourth-order valence-electron chi connectivity index (χ4n) is 1.57. The smallest absolute Gasteiger partial charge is 0.0484 e. The first-order valence-corrected chi connectivity index (χ1v) is 5.59. The van der Waals surface area contributed by atoms with E-state index in [2.05, 4.69) is 29.4 Å². The monoisotopic (exact) mass is 208 g/mol. The molecule has 1 rings (SSSR count). The van der Waals surface area contributed by atoms with Crippen LogP contribution >= 0.6 is 0 Å². The zero-order chi connectivity index (χ0) is 10.9. The summed E-state index contributed by atoms with van der Waals surface area (Å²) < 4.78 is 5.38. The zero-order valence-corrected chi connectivity index (χ0v) is 9.57. The van der Waals surface area contributed by atoms with E-state index in [1.54, 1.807) is 0 Å². The van der Waals surface area contributed by atoms with Crippen molar-refractivity contribution in [1.82, 2.24) is 10.3 Å². The molecular formula is C12H20N2O. The lowest BCUT2D eigenvalue weighted by Gasteiger charge is -2.17. The predicted molar refractivity (Wildman–Crippen MR) is 61.8 cm³/mol. The molecule has 84 valence electrons. The predicted octanol–water partition coefficient (Wildman–Crippen LogP) is 2.16. The lowest BCUT2D eigenvalue weighted by Crippen LogP contribution is -2.22. The lowest BCUT2D eigenvalue weighted by atomic mass is 10.1. The van der Waals surface area contributed by atoms with Crippen LogP contribution in [0, 0.1) is 0 Å². The Hall–Kier alpha value is -0.930. The number of hydrogen-bond donors (Lipinski definition) is 1. The molecule has 0 amide bonds. The van der Waals surface area contributed by atoms with Crippen LogP contribution < -0.4 is 5.32 Å². The maximum absolute atomic E-state index is 5.38. The van der Waals surface area contributed by atoms with Crippen LogP contribution in [0.3, 0.4) is 0 Å². The van der Waals surface area contributed by atoms with E-state index in [9.17, 15) is 0 Å². The molecule has 0 aliphatic rings. The maximum Gasteiger partial charge on any atom is 0.0484 e. The third-order valence-corrected chi connectivity index (χ3v) is 2.31. The van der Waals surface area contributed by atoms with Gasteiger partial charge in [-0.2, -0.15) is 0 Å². The van der Waals surface area contributed by atoms with E-state index in [-0.39, 0.29) is 0 Å².